The molecule has 4 amide bonds. The molecule has 3 rings (SSSR count). The van der Waals surface area contributed by atoms with Crippen molar-refractivity contribution in [1.82, 2.24) is 10.2 Å². The van der Waals surface area contributed by atoms with Gasteiger partial charge in [-0.3, -0.25) is 34.2 Å². The summed E-state index contributed by atoms with van der Waals surface area (Å²) in [6.07, 6.45) is 7.28. The molecule has 10 heteroatoms. The van der Waals surface area contributed by atoms with E-state index in [2.05, 4.69) is 17.6 Å². The Hall–Kier alpha value is -3.27. The summed E-state index contributed by atoms with van der Waals surface area (Å²) in [6, 6.07) is 3.88. The fourth-order valence-corrected chi connectivity index (χ4v) is 4.36. The lowest BCUT2D eigenvalue weighted by atomic mass is 10.0. The molecule has 0 bridgehead atoms. The molecule has 0 saturated carbocycles. The van der Waals surface area contributed by atoms with Crippen molar-refractivity contribution in [3.05, 3.63) is 29.3 Å². The Morgan fingerprint density at radius 1 is 1.03 bits per heavy atom. The predicted molar refractivity (Wildman–Crippen MR) is 131 cm³/mol. The second-order valence-corrected chi connectivity index (χ2v) is 8.95. The van der Waals surface area contributed by atoms with Gasteiger partial charge in [0.15, 0.2) is 0 Å². The summed E-state index contributed by atoms with van der Waals surface area (Å²) in [5.74, 6) is -2.38. The number of nitrogens with one attached hydrogen (secondary N) is 2. The molecule has 1 saturated heterocycles. The van der Waals surface area contributed by atoms with Crippen molar-refractivity contribution in [2.24, 2.45) is 0 Å². The number of imide groups is 2. The minimum atomic E-state index is -1.00. The number of nitrogens with zero attached hydrogens (tertiary/aromatic N) is 1. The lowest BCUT2D eigenvalue weighted by Crippen LogP contribution is -2.54. The normalized spacial score (nSPS) is 17.2. The Morgan fingerprint density at radius 2 is 1.81 bits per heavy atom. The van der Waals surface area contributed by atoms with E-state index in [1.54, 1.807) is 18.2 Å². The molecule has 0 aromatic heterocycles. The predicted octanol–water partition coefficient (Wildman–Crippen LogP) is 2.81. The number of carbonyl (C=O) groups is 5. The van der Waals surface area contributed by atoms with Gasteiger partial charge in [-0.1, -0.05) is 45.1 Å². The van der Waals surface area contributed by atoms with Crippen molar-refractivity contribution < 1.29 is 33.4 Å². The molecule has 2 N–H and O–H groups in total. The van der Waals surface area contributed by atoms with E-state index in [0.29, 0.717) is 25.3 Å². The van der Waals surface area contributed by atoms with Crippen molar-refractivity contribution in [2.45, 2.75) is 70.8 Å². The number of hydrogen-bond donors (Lipinski definition) is 2. The van der Waals surface area contributed by atoms with Gasteiger partial charge in [-0.25, -0.2) is 0 Å². The molecular formula is C26H35N3O7. The highest BCUT2D eigenvalue weighted by Crippen LogP contribution is 2.32. The summed E-state index contributed by atoms with van der Waals surface area (Å²) in [6.45, 7) is 3.28. The molecule has 1 unspecified atom stereocenters. The molecule has 1 fully saturated rings. The number of amides is 4. The van der Waals surface area contributed by atoms with E-state index in [-0.39, 0.29) is 43.2 Å². The van der Waals surface area contributed by atoms with Crippen LogP contribution in [-0.2, 0) is 23.9 Å². The summed E-state index contributed by atoms with van der Waals surface area (Å²) in [5.41, 5.74) is 0.887. The minimum Gasteiger partial charge on any atom is -0.463 e. The zero-order valence-corrected chi connectivity index (χ0v) is 20.8. The number of unbranched alkanes of at least 4 members (excludes halogenated alkanes) is 5. The van der Waals surface area contributed by atoms with Crippen LogP contribution in [0.3, 0.4) is 0 Å². The molecule has 2 aliphatic heterocycles. The molecule has 2 heterocycles. The maximum atomic E-state index is 13.1. The van der Waals surface area contributed by atoms with Crippen LogP contribution in [0.25, 0.3) is 0 Å². The van der Waals surface area contributed by atoms with Crippen molar-refractivity contribution in [3.8, 4) is 0 Å². The van der Waals surface area contributed by atoms with E-state index in [1.165, 1.54) is 19.3 Å². The Labute approximate surface area is 211 Å². The Morgan fingerprint density at radius 3 is 2.58 bits per heavy atom. The smallest absolute Gasteiger partial charge is 0.305 e. The summed E-state index contributed by atoms with van der Waals surface area (Å²) >= 11 is 0. The van der Waals surface area contributed by atoms with Gasteiger partial charge < -0.3 is 14.8 Å². The zero-order valence-electron chi connectivity index (χ0n) is 20.8. The number of piperidine rings is 1. The van der Waals surface area contributed by atoms with E-state index in [4.69, 9.17) is 9.47 Å². The van der Waals surface area contributed by atoms with E-state index in [0.717, 1.165) is 24.2 Å². The van der Waals surface area contributed by atoms with Gasteiger partial charge in [0.05, 0.1) is 24.3 Å². The second-order valence-electron chi connectivity index (χ2n) is 8.95. The second kappa shape index (κ2) is 13.7. The van der Waals surface area contributed by atoms with Gasteiger partial charge in [-0.15, -0.1) is 0 Å². The molecule has 36 heavy (non-hydrogen) atoms. The third-order valence-electron chi connectivity index (χ3n) is 6.26. The van der Waals surface area contributed by atoms with Crippen LogP contribution in [0.4, 0.5) is 5.69 Å². The minimum absolute atomic E-state index is 0.0701. The summed E-state index contributed by atoms with van der Waals surface area (Å²) in [5, 5.41) is 5.28. The highest BCUT2D eigenvalue weighted by molar-refractivity contribution is 6.25. The van der Waals surface area contributed by atoms with Crippen molar-refractivity contribution in [1.29, 1.82) is 0 Å². The Balaban J connectivity index is 1.38. The molecule has 1 aromatic carbocycles. The average molecular weight is 502 g/mol. The largest absolute Gasteiger partial charge is 0.463 e. The topological polar surface area (TPSA) is 131 Å². The van der Waals surface area contributed by atoms with E-state index in [9.17, 15) is 24.0 Å². The number of carbonyl (C=O) groups excluding carboxylic acids is 5. The first-order chi connectivity index (χ1) is 17.4. The summed E-state index contributed by atoms with van der Waals surface area (Å²) in [4.78, 5) is 62.3. The third kappa shape index (κ3) is 7.13. The van der Waals surface area contributed by atoms with Crippen LogP contribution in [0, 0.1) is 0 Å². The quantitative estimate of drug-likeness (QED) is 0.213. The molecule has 10 nitrogen and oxygen atoms in total. The van der Waals surface area contributed by atoms with E-state index >= 15 is 0 Å². The monoisotopic (exact) mass is 501 g/mol. The van der Waals surface area contributed by atoms with Gasteiger partial charge in [-0.05, 0) is 25.0 Å². The van der Waals surface area contributed by atoms with Crippen LogP contribution < -0.4 is 10.6 Å². The van der Waals surface area contributed by atoms with E-state index in [1.807, 2.05) is 0 Å². The van der Waals surface area contributed by atoms with Gasteiger partial charge in [0, 0.05) is 25.1 Å². The lowest BCUT2D eigenvalue weighted by Gasteiger charge is -2.27. The van der Waals surface area contributed by atoms with Crippen LogP contribution >= 0.6 is 0 Å². The standard InChI is InChI=1S/C26H35N3O7/c1-2-3-4-5-6-7-11-22(31)36-17-16-35-15-14-27-19-10-8-9-18-23(19)26(34)29(25(18)33)20-12-13-21(30)28-24(20)32/h8-10,20,27H,2-7,11-17H2,1H3,(H,28,30,32). The van der Waals surface area contributed by atoms with Gasteiger partial charge in [0.1, 0.15) is 12.6 Å². The highest BCUT2D eigenvalue weighted by Gasteiger charge is 2.45. The Kier molecular flexibility index (Phi) is 10.4. The molecule has 1 atom stereocenters. The van der Waals surface area contributed by atoms with Crippen molar-refractivity contribution >= 4 is 35.3 Å². The highest BCUT2D eigenvalue weighted by atomic mass is 16.6. The number of rotatable bonds is 15. The van der Waals surface area contributed by atoms with Crippen molar-refractivity contribution in [3.63, 3.8) is 0 Å². The maximum Gasteiger partial charge on any atom is 0.305 e. The number of anilines is 1. The number of benzene rings is 1. The molecule has 2 aliphatic rings. The first-order valence-electron chi connectivity index (χ1n) is 12.8. The number of esters is 1. The fraction of sp³-hybridized carbons (Fsp3) is 0.577. The molecule has 0 spiro atoms. The number of hydrogen-bond acceptors (Lipinski definition) is 8. The van der Waals surface area contributed by atoms with Gasteiger partial charge in [0.25, 0.3) is 11.8 Å². The Bertz CT molecular complexity index is 978. The summed E-state index contributed by atoms with van der Waals surface area (Å²) in [7, 11) is 0. The first-order valence-corrected chi connectivity index (χ1v) is 12.8. The van der Waals surface area contributed by atoms with Crippen molar-refractivity contribution in [2.75, 3.05) is 31.7 Å². The third-order valence-corrected chi connectivity index (χ3v) is 6.26. The van der Waals surface area contributed by atoms with Gasteiger partial charge in [-0.2, -0.15) is 0 Å². The van der Waals surface area contributed by atoms with Gasteiger partial charge in [0.2, 0.25) is 11.8 Å². The van der Waals surface area contributed by atoms with Crippen LogP contribution in [-0.4, -0.2) is 66.9 Å². The van der Waals surface area contributed by atoms with Gasteiger partial charge >= 0.3 is 5.97 Å². The maximum absolute atomic E-state index is 13.1. The fourth-order valence-electron chi connectivity index (χ4n) is 4.36. The molecule has 196 valence electrons. The molecular weight excluding hydrogens is 466 g/mol. The molecule has 0 radical (unpaired) electrons. The first kappa shape index (κ1) is 27.3. The molecule has 1 aromatic rings. The van der Waals surface area contributed by atoms with Crippen LogP contribution in [0.1, 0.15) is 85.4 Å². The summed E-state index contributed by atoms with van der Waals surface area (Å²) < 4.78 is 10.7. The van der Waals surface area contributed by atoms with E-state index < -0.39 is 29.7 Å². The average Bonchev–Trinajstić information content (AvgIpc) is 3.11. The number of fused-ring (bicyclic) bond motifs is 1. The number of ether oxygens (including phenoxy) is 2. The van der Waals surface area contributed by atoms with Crippen LogP contribution in [0.2, 0.25) is 0 Å². The van der Waals surface area contributed by atoms with Crippen LogP contribution in [0.5, 0.6) is 0 Å². The SMILES string of the molecule is CCCCCCCCC(=O)OCCOCCNc1cccc2c1C(=O)N(C1CCC(=O)NC1=O)C2=O. The molecule has 0 aliphatic carbocycles. The zero-order chi connectivity index (χ0) is 25.9. The van der Waals surface area contributed by atoms with Crippen LogP contribution in [0.15, 0.2) is 18.2 Å². The lowest BCUT2D eigenvalue weighted by molar-refractivity contribution is -0.145.